The molecule has 0 fully saturated rings. The number of furan rings is 2. The Hall–Kier alpha value is -2.82. The van der Waals surface area contributed by atoms with Gasteiger partial charge in [-0.25, -0.2) is 4.79 Å². The molecule has 0 aliphatic heterocycles. The average Bonchev–Trinajstić information content (AvgIpc) is 3.06. The van der Waals surface area contributed by atoms with E-state index in [2.05, 4.69) is 0 Å². The lowest BCUT2D eigenvalue weighted by Gasteiger charge is -2.04. The van der Waals surface area contributed by atoms with Gasteiger partial charge in [0.15, 0.2) is 5.78 Å². The summed E-state index contributed by atoms with van der Waals surface area (Å²) in [5.41, 5.74) is -0.104. The third-order valence-corrected chi connectivity index (χ3v) is 2.56. The van der Waals surface area contributed by atoms with Crippen LogP contribution >= 0.6 is 0 Å². The van der Waals surface area contributed by atoms with Crippen LogP contribution in [0.25, 0.3) is 12.2 Å². The highest BCUT2D eigenvalue weighted by Gasteiger charge is 2.18. The van der Waals surface area contributed by atoms with Gasteiger partial charge < -0.3 is 13.9 Å². The number of carbonyl (C=O) groups excluding carboxylic acids is 1. The second kappa shape index (κ2) is 5.88. The van der Waals surface area contributed by atoms with Crippen molar-refractivity contribution in [3.63, 3.8) is 0 Å². The normalized spacial score (nSPS) is 12.4. The molecule has 0 unspecified atom stereocenters. The molecule has 0 radical (unpaired) electrons. The van der Waals surface area contributed by atoms with Crippen molar-refractivity contribution in [3.05, 3.63) is 59.5 Å². The SMILES string of the molecule is CC(=O)C(=Cc1ccco1)C(=Cc1ccco1)C(=O)O. The number of carboxylic acid groups (broad SMARTS) is 1. The molecule has 5 nitrogen and oxygen atoms in total. The van der Waals surface area contributed by atoms with Crippen molar-refractivity contribution in [1.29, 1.82) is 0 Å². The molecule has 20 heavy (non-hydrogen) atoms. The third-order valence-electron chi connectivity index (χ3n) is 2.56. The van der Waals surface area contributed by atoms with E-state index in [0.717, 1.165) is 0 Å². The standard InChI is InChI=1S/C15H12O5/c1-10(16)13(8-11-4-2-6-19-11)14(15(17)18)9-12-5-3-7-20-12/h2-9H,1H3,(H,17,18). The first-order chi connectivity index (χ1) is 9.58. The lowest BCUT2D eigenvalue weighted by Crippen LogP contribution is -2.09. The number of rotatable bonds is 5. The topological polar surface area (TPSA) is 80.7 Å². The molecule has 2 aromatic heterocycles. The van der Waals surface area contributed by atoms with Crippen LogP contribution in [-0.2, 0) is 9.59 Å². The Morgan fingerprint density at radius 3 is 1.85 bits per heavy atom. The Balaban J connectivity index is 2.49. The molecule has 0 bridgehead atoms. The van der Waals surface area contributed by atoms with Crippen molar-refractivity contribution in [2.45, 2.75) is 6.92 Å². The third kappa shape index (κ3) is 3.14. The monoisotopic (exact) mass is 272 g/mol. The average molecular weight is 272 g/mol. The van der Waals surface area contributed by atoms with E-state index in [1.165, 1.54) is 31.6 Å². The molecule has 2 heterocycles. The summed E-state index contributed by atoms with van der Waals surface area (Å²) < 4.78 is 10.2. The summed E-state index contributed by atoms with van der Waals surface area (Å²) in [6.45, 7) is 1.30. The maximum Gasteiger partial charge on any atom is 0.336 e. The van der Waals surface area contributed by atoms with Gasteiger partial charge in [0, 0.05) is 5.57 Å². The summed E-state index contributed by atoms with van der Waals surface area (Å²) in [4.78, 5) is 23.1. The van der Waals surface area contributed by atoms with Crippen molar-refractivity contribution >= 4 is 23.9 Å². The molecule has 5 heteroatoms. The maximum atomic E-state index is 11.7. The number of carboxylic acids is 1. The van der Waals surface area contributed by atoms with Crippen molar-refractivity contribution in [2.24, 2.45) is 0 Å². The summed E-state index contributed by atoms with van der Waals surface area (Å²) in [5.74, 6) is -0.827. The summed E-state index contributed by atoms with van der Waals surface area (Å²) in [6, 6.07) is 6.53. The Kier molecular flexibility index (Phi) is 4.00. The molecule has 2 rings (SSSR count). The molecule has 102 valence electrons. The molecule has 0 aliphatic rings. The van der Waals surface area contributed by atoms with Gasteiger partial charge in [-0.2, -0.15) is 0 Å². The first kappa shape index (κ1) is 13.6. The van der Waals surface area contributed by atoms with Gasteiger partial charge in [0.05, 0.1) is 18.1 Å². The van der Waals surface area contributed by atoms with Gasteiger partial charge in [-0.15, -0.1) is 0 Å². The van der Waals surface area contributed by atoms with Crippen LogP contribution in [-0.4, -0.2) is 16.9 Å². The second-order valence-corrected chi connectivity index (χ2v) is 4.01. The van der Waals surface area contributed by atoms with Gasteiger partial charge in [0.1, 0.15) is 11.5 Å². The predicted molar refractivity (Wildman–Crippen MR) is 71.7 cm³/mol. The smallest absolute Gasteiger partial charge is 0.336 e. The molecule has 1 N–H and O–H groups in total. The zero-order valence-electron chi connectivity index (χ0n) is 10.7. The lowest BCUT2D eigenvalue weighted by atomic mass is 10.0. The molecular formula is C15H12O5. The van der Waals surface area contributed by atoms with Gasteiger partial charge in [0.25, 0.3) is 0 Å². The number of hydrogen-bond acceptors (Lipinski definition) is 4. The van der Waals surface area contributed by atoms with Crippen LogP contribution in [0.2, 0.25) is 0 Å². The van der Waals surface area contributed by atoms with Crippen molar-refractivity contribution in [2.75, 3.05) is 0 Å². The molecule has 0 amide bonds. The first-order valence-electron chi connectivity index (χ1n) is 5.83. The van der Waals surface area contributed by atoms with Gasteiger partial charge in [-0.05, 0) is 43.3 Å². The summed E-state index contributed by atoms with van der Waals surface area (Å²) in [5, 5.41) is 9.29. The number of Topliss-reactive ketones (excluding diaryl/α,β-unsaturated/α-hetero) is 1. The number of aliphatic carboxylic acids is 1. The van der Waals surface area contributed by atoms with E-state index in [1.54, 1.807) is 24.3 Å². The zero-order chi connectivity index (χ0) is 14.5. The first-order valence-corrected chi connectivity index (χ1v) is 5.83. The quantitative estimate of drug-likeness (QED) is 0.668. The Labute approximate surface area is 114 Å². The van der Waals surface area contributed by atoms with Gasteiger partial charge in [0.2, 0.25) is 0 Å². The largest absolute Gasteiger partial charge is 0.478 e. The summed E-state index contributed by atoms with van der Waals surface area (Å²) in [6.07, 6.45) is 5.57. The Morgan fingerprint density at radius 1 is 1.00 bits per heavy atom. The molecule has 0 aromatic carbocycles. The van der Waals surface area contributed by atoms with Gasteiger partial charge in [-0.3, -0.25) is 4.79 Å². The van der Waals surface area contributed by atoms with Crippen molar-refractivity contribution < 1.29 is 23.5 Å². The molecule has 0 spiro atoms. The molecule has 0 aliphatic carbocycles. The fourth-order valence-electron chi connectivity index (χ4n) is 1.66. The zero-order valence-corrected chi connectivity index (χ0v) is 10.7. The summed E-state index contributed by atoms with van der Waals surface area (Å²) >= 11 is 0. The van der Waals surface area contributed by atoms with Crippen molar-refractivity contribution in [3.8, 4) is 0 Å². The minimum atomic E-state index is -1.21. The maximum absolute atomic E-state index is 11.7. The van der Waals surface area contributed by atoms with E-state index in [9.17, 15) is 14.7 Å². The Bertz CT molecular complexity index is 597. The minimum Gasteiger partial charge on any atom is -0.478 e. The number of hydrogen-bond donors (Lipinski definition) is 1. The van der Waals surface area contributed by atoms with Crippen LogP contribution in [0.5, 0.6) is 0 Å². The fraction of sp³-hybridized carbons (Fsp3) is 0.0667. The molecule has 0 saturated heterocycles. The molecule has 2 aromatic rings. The van der Waals surface area contributed by atoms with Crippen molar-refractivity contribution in [1.82, 2.24) is 0 Å². The highest BCUT2D eigenvalue weighted by atomic mass is 16.4. The lowest BCUT2D eigenvalue weighted by molar-refractivity contribution is -0.132. The van der Waals surface area contributed by atoms with E-state index in [4.69, 9.17) is 8.83 Å². The molecule has 0 saturated carbocycles. The van der Waals surface area contributed by atoms with E-state index in [1.807, 2.05) is 0 Å². The van der Waals surface area contributed by atoms with E-state index >= 15 is 0 Å². The second-order valence-electron chi connectivity index (χ2n) is 4.01. The fourth-order valence-corrected chi connectivity index (χ4v) is 1.66. The van der Waals surface area contributed by atoms with E-state index < -0.39 is 5.97 Å². The molecular weight excluding hydrogens is 260 g/mol. The number of ketones is 1. The highest BCUT2D eigenvalue weighted by molar-refractivity contribution is 6.13. The highest BCUT2D eigenvalue weighted by Crippen LogP contribution is 2.20. The molecule has 0 atom stereocenters. The summed E-state index contributed by atoms with van der Waals surface area (Å²) in [7, 11) is 0. The van der Waals surface area contributed by atoms with E-state index in [0.29, 0.717) is 11.5 Å². The van der Waals surface area contributed by atoms with E-state index in [-0.39, 0.29) is 16.9 Å². The number of carbonyl (C=O) groups is 2. The predicted octanol–water partition coefficient (Wildman–Crippen LogP) is 3.01. The Morgan fingerprint density at radius 2 is 1.50 bits per heavy atom. The van der Waals surface area contributed by atoms with Crippen LogP contribution < -0.4 is 0 Å². The van der Waals surface area contributed by atoms with Gasteiger partial charge >= 0.3 is 5.97 Å². The van der Waals surface area contributed by atoms with Crippen LogP contribution in [0.4, 0.5) is 0 Å². The van der Waals surface area contributed by atoms with Crippen LogP contribution in [0.15, 0.2) is 56.8 Å². The van der Waals surface area contributed by atoms with Crippen LogP contribution in [0.3, 0.4) is 0 Å². The van der Waals surface area contributed by atoms with Crippen LogP contribution in [0.1, 0.15) is 18.4 Å². The van der Waals surface area contributed by atoms with Crippen LogP contribution in [0, 0.1) is 0 Å². The minimum absolute atomic E-state index is 0.0452. The van der Waals surface area contributed by atoms with Gasteiger partial charge in [-0.1, -0.05) is 0 Å².